The fourth-order valence-electron chi connectivity index (χ4n) is 4.81. The number of benzene rings is 2. The van der Waals surface area contributed by atoms with Crippen molar-refractivity contribution < 1.29 is 4.42 Å². The molecule has 3 heterocycles. The average Bonchev–Trinajstić information content (AvgIpc) is 3.24. The standard InChI is InChI=1S/C26H27N4O2P/c1-16-5-8-23-21(13-16)28-25(32-23)17-9-11-30(12-10-17)24-19-14-18(33(3)4)6-7-22(19)29(2)26(31)20(24)15-27/h5-8,13-14,17H,9-12H2,1-4H3. The molecule has 0 spiro atoms. The summed E-state index contributed by atoms with van der Waals surface area (Å²) in [6, 6.07) is 14.6. The number of piperidine rings is 1. The van der Waals surface area contributed by atoms with Crippen molar-refractivity contribution in [1.82, 2.24) is 9.55 Å². The third kappa shape index (κ3) is 3.71. The molecule has 168 valence electrons. The number of hydrogen-bond acceptors (Lipinski definition) is 5. The van der Waals surface area contributed by atoms with Gasteiger partial charge in [0.2, 0.25) is 0 Å². The Labute approximate surface area is 194 Å². The van der Waals surface area contributed by atoms with E-state index in [2.05, 4.69) is 49.4 Å². The fourth-order valence-corrected chi connectivity index (χ4v) is 5.57. The zero-order chi connectivity index (χ0) is 23.3. The van der Waals surface area contributed by atoms with Gasteiger partial charge in [0.05, 0.1) is 11.2 Å². The minimum Gasteiger partial charge on any atom is -0.440 e. The van der Waals surface area contributed by atoms with E-state index in [1.807, 2.05) is 18.2 Å². The minimum absolute atomic E-state index is 0.229. The average molecular weight is 459 g/mol. The second kappa shape index (κ2) is 8.32. The maximum atomic E-state index is 13.0. The summed E-state index contributed by atoms with van der Waals surface area (Å²) in [5.41, 5.74) is 4.53. The Morgan fingerprint density at radius 1 is 1.15 bits per heavy atom. The fraction of sp³-hybridized carbons (Fsp3) is 0.346. The van der Waals surface area contributed by atoms with Gasteiger partial charge in [-0.05, 0) is 68.2 Å². The van der Waals surface area contributed by atoms with Crippen molar-refractivity contribution in [3.8, 4) is 6.07 Å². The zero-order valence-electron chi connectivity index (χ0n) is 19.4. The summed E-state index contributed by atoms with van der Waals surface area (Å²) in [7, 11) is 1.46. The van der Waals surface area contributed by atoms with Crippen LogP contribution in [0.4, 0.5) is 5.69 Å². The molecule has 0 saturated carbocycles. The third-order valence-electron chi connectivity index (χ3n) is 6.70. The van der Waals surface area contributed by atoms with Crippen LogP contribution in [0.5, 0.6) is 0 Å². The zero-order valence-corrected chi connectivity index (χ0v) is 20.3. The molecule has 5 rings (SSSR count). The summed E-state index contributed by atoms with van der Waals surface area (Å²) >= 11 is 0. The Balaban J connectivity index is 1.52. The summed E-state index contributed by atoms with van der Waals surface area (Å²) in [5, 5.41) is 12.2. The van der Waals surface area contributed by atoms with Crippen molar-refractivity contribution in [3.63, 3.8) is 0 Å². The van der Waals surface area contributed by atoms with Gasteiger partial charge in [-0.2, -0.15) is 5.26 Å². The van der Waals surface area contributed by atoms with E-state index in [0.717, 1.165) is 59.5 Å². The Morgan fingerprint density at radius 2 is 1.91 bits per heavy atom. The predicted molar refractivity (Wildman–Crippen MR) is 135 cm³/mol. The molecular formula is C26H27N4O2P. The highest BCUT2D eigenvalue weighted by Crippen LogP contribution is 2.36. The first-order chi connectivity index (χ1) is 15.9. The van der Waals surface area contributed by atoms with Crippen LogP contribution < -0.4 is 15.8 Å². The Hall–Kier alpha value is -3.16. The van der Waals surface area contributed by atoms with Crippen molar-refractivity contribution in [3.05, 3.63) is 63.8 Å². The van der Waals surface area contributed by atoms with E-state index in [-0.39, 0.29) is 25.0 Å². The monoisotopic (exact) mass is 458 g/mol. The predicted octanol–water partition coefficient (Wildman–Crippen LogP) is 4.61. The van der Waals surface area contributed by atoms with Crippen LogP contribution in [0.15, 0.2) is 45.6 Å². The topological polar surface area (TPSA) is 75.1 Å². The highest BCUT2D eigenvalue weighted by atomic mass is 31.1. The van der Waals surface area contributed by atoms with Crippen LogP contribution in [0, 0.1) is 18.3 Å². The SMILES string of the molecule is Cc1ccc2oc(C3CCN(c4c(C#N)c(=O)n(C)c5ccc(P(C)C)cc45)CC3)nc2c1. The number of hydrogen-bond donors (Lipinski definition) is 0. The number of anilines is 1. The summed E-state index contributed by atoms with van der Waals surface area (Å²) in [6.45, 7) is 7.99. The molecule has 6 nitrogen and oxygen atoms in total. The Kier molecular flexibility index (Phi) is 5.46. The van der Waals surface area contributed by atoms with Gasteiger partial charge in [-0.25, -0.2) is 4.98 Å². The van der Waals surface area contributed by atoms with Crippen molar-refractivity contribution in [2.24, 2.45) is 7.05 Å². The summed E-state index contributed by atoms with van der Waals surface area (Å²) in [5.74, 6) is 1.02. The number of aromatic nitrogens is 2. The molecule has 0 aliphatic carbocycles. The lowest BCUT2D eigenvalue weighted by Crippen LogP contribution is -2.36. The molecule has 0 amide bonds. The lowest BCUT2D eigenvalue weighted by atomic mass is 9.95. The molecule has 1 fully saturated rings. The molecule has 2 aromatic carbocycles. The van der Waals surface area contributed by atoms with Gasteiger partial charge in [0.15, 0.2) is 11.5 Å². The van der Waals surface area contributed by atoms with E-state index < -0.39 is 0 Å². The highest BCUT2D eigenvalue weighted by Gasteiger charge is 2.28. The molecule has 0 atom stereocenters. The van der Waals surface area contributed by atoms with E-state index in [0.29, 0.717) is 0 Å². The van der Waals surface area contributed by atoms with Crippen LogP contribution >= 0.6 is 7.92 Å². The third-order valence-corrected chi connectivity index (χ3v) is 8.01. The number of rotatable bonds is 3. The van der Waals surface area contributed by atoms with Crippen LogP contribution in [-0.2, 0) is 7.05 Å². The smallest absolute Gasteiger partial charge is 0.270 e. The van der Waals surface area contributed by atoms with E-state index in [1.54, 1.807) is 11.6 Å². The second-order valence-electron chi connectivity index (χ2n) is 9.08. The first kappa shape index (κ1) is 21.7. The second-order valence-corrected chi connectivity index (χ2v) is 11.4. The number of fused-ring (bicyclic) bond motifs is 2. The highest BCUT2D eigenvalue weighted by molar-refractivity contribution is 7.64. The Bertz CT molecular complexity index is 1470. The quantitative estimate of drug-likeness (QED) is 0.419. The normalized spacial score (nSPS) is 15.0. The van der Waals surface area contributed by atoms with Gasteiger partial charge in [0, 0.05) is 31.4 Å². The molecule has 2 aromatic heterocycles. The lowest BCUT2D eigenvalue weighted by Gasteiger charge is -2.34. The maximum Gasteiger partial charge on any atom is 0.270 e. The number of nitrogens with zero attached hydrogens (tertiary/aromatic N) is 4. The van der Waals surface area contributed by atoms with Crippen molar-refractivity contribution in [1.29, 1.82) is 5.26 Å². The van der Waals surface area contributed by atoms with Crippen LogP contribution in [0.2, 0.25) is 0 Å². The molecule has 1 aliphatic heterocycles. The maximum absolute atomic E-state index is 13.0. The van der Waals surface area contributed by atoms with Gasteiger partial charge >= 0.3 is 0 Å². The molecule has 0 unspecified atom stereocenters. The molecule has 0 N–H and O–H groups in total. The number of oxazole rings is 1. The van der Waals surface area contributed by atoms with E-state index in [4.69, 9.17) is 9.40 Å². The van der Waals surface area contributed by atoms with Crippen molar-refractivity contribution in [2.75, 3.05) is 31.3 Å². The van der Waals surface area contributed by atoms with Crippen molar-refractivity contribution >= 4 is 40.9 Å². The number of pyridine rings is 1. The van der Waals surface area contributed by atoms with Crippen LogP contribution in [-0.4, -0.2) is 36.0 Å². The van der Waals surface area contributed by atoms with E-state index >= 15 is 0 Å². The summed E-state index contributed by atoms with van der Waals surface area (Å²) in [4.78, 5) is 20.0. The van der Waals surface area contributed by atoms with Gasteiger partial charge in [0.1, 0.15) is 17.1 Å². The molecule has 1 aliphatic rings. The molecule has 33 heavy (non-hydrogen) atoms. The van der Waals surface area contributed by atoms with Gasteiger partial charge in [-0.15, -0.1) is 0 Å². The van der Waals surface area contributed by atoms with Gasteiger partial charge < -0.3 is 13.9 Å². The van der Waals surface area contributed by atoms with Gasteiger partial charge in [-0.1, -0.05) is 20.1 Å². The molecule has 4 aromatic rings. The van der Waals surface area contributed by atoms with Gasteiger partial charge in [0.25, 0.3) is 5.56 Å². The minimum atomic E-state index is -0.290. The largest absolute Gasteiger partial charge is 0.440 e. The molecule has 0 bridgehead atoms. The van der Waals surface area contributed by atoms with Gasteiger partial charge in [-0.3, -0.25) is 4.79 Å². The lowest BCUT2D eigenvalue weighted by molar-refractivity contribution is 0.407. The Morgan fingerprint density at radius 3 is 2.61 bits per heavy atom. The van der Waals surface area contributed by atoms with Crippen LogP contribution in [0.1, 0.15) is 35.8 Å². The molecule has 1 saturated heterocycles. The van der Waals surface area contributed by atoms with E-state index in [1.165, 1.54) is 10.9 Å². The summed E-state index contributed by atoms with van der Waals surface area (Å²) < 4.78 is 7.66. The first-order valence-corrected chi connectivity index (χ1v) is 13.5. The number of nitriles is 1. The van der Waals surface area contributed by atoms with E-state index in [9.17, 15) is 10.1 Å². The summed E-state index contributed by atoms with van der Waals surface area (Å²) in [6.07, 6.45) is 1.72. The van der Waals surface area contributed by atoms with Crippen LogP contribution in [0.3, 0.4) is 0 Å². The molecule has 0 radical (unpaired) electrons. The number of aryl methyl sites for hydroxylation is 2. The molecular weight excluding hydrogens is 431 g/mol. The van der Waals surface area contributed by atoms with Crippen molar-refractivity contribution in [2.45, 2.75) is 25.7 Å². The molecule has 7 heteroatoms. The first-order valence-electron chi connectivity index (χ1n) is 11.2. The van der Waals surface area contributed by atoms with Crippen LogP contribution in [0.25, 0.3) is 22.0 Å².